The van der Waals surface area contributed by atoms with Crippen molar-refractivity contribution in [3.8, 4) is 10.8 Å². The molecule has 0 radical (unpaired) electrons. The molecule has 0 saturated carbocycles. The van der Waals surface area contributed by atoms with Crippen molar-refractivity contribution in [3.63, 3.8) is 0 Å². The van der Waals surface area contributed by atoms with Gasteiger partial charge in [0.1, 0.15) is 0 Å². The normalized spacial score (nSPS) is 10.7. The molecular weight excluding hydrogens is 198 g/mol. The minimum Gasteiger partial charge on any atom is -0.462 e. The van der Waals surface area contributed by atoms with Gasteiger partial charge in [-0.2, -0.15) is 0 Å². The maximum atomic E-state index is 8.76. The number of aliphatic hydroxyl groups excluding tert-OH is 1. The molecule has 2 aromatic heterocycles. The highest BCUT2D eigenvalue weighted by Crippen LogP contribution is 2.27. The minimum atomic E-state index is 0.139. The summed E-state index contributed by atoms with van der Waals surface area (Å²) in [5, 5.41) is 11.6. The van der Waals surface area contributed by atoms with Gasteiger partial charge in [-0.25, -0.2) is 4.98 Å². The van der Waals surface area contributed by atoms with Crippen LogP contribution in [0.2, 0.25) is 0 Å². The second-order valence-corrected chi connectivity index (χ2v) is 3.91. The van der Waals surface area contributed by atoms with Gasteiger partial charge in [-0.3, -0.25) is 0 Å². The third-order valence-corrected chi connectivity index (χ3v) is 2.87. The van der Waals surface area contributed by atoms with Crippen LogP contribution in [0, 0.1) is 6.92 Å². The Morgan fingerprint density at radius 1 is 1.57 bits per heavy atom. The summed E-state index contributed by atoms with van der Waals surface area (Å²) < 4.78 is 5.33. The van der Waals surface area contributed by atoms with Crippen LogP contribution in [0.25, 0.3) is 10.8 Å². The standard InChI is InChI=1S/C10H11NO2S/c1-7-3-5-13-9(7)10-11-8(2-4-12)6-14-10/h3,5-6,12H,2,4H2,1H3. The van der Waals surface area contributed by atoms with E-state index in [0.29, 0.717) is 6.42 Å². The van der Waals surface area contributed by atoms with Crippen molar-refractivity contribution in [2.45, 2.75) is 13.3 Å². The van der Waals surface area contributed by atoms with Crippen LogP contribution in [0.1, 0.15) is 11.3 Å². The SMILES string of the molecule is Cc1ccoc1-c1nc(CCO)cs1. The Balaban J connectivity index is 2.29. The molecule has 0 amide bonds. The number of furan rings is 1. The van der Waals surface area contributed by atoms with Gasteiger partial charge < -0.3 is 9.52 Å². The molecule has 3 nitrogen and oxygen atoms in total. The van der Waals surface area contributed by atoms with Gasteiger partial charge in [-0.15, -0.1) is 11.3 Å². The molecule has 4 heteroatoms. The fraction of sp³-hybridized carbons (Fsp3) is 0.300. The monoisotopic (exact) mass is 209 g/mol. The van der Waals surface area contributed by atoms with Crippen LogP contribution in [0.5, 0.6) is 0 Å². The Hall–Kier alpha value is -1.13. The second kappa shape index (κ2) is 3.94. The van der Waals surface area contributed by atoms with Gasteiger partial charge in [-0.1, -0.05) is 0 Å². The lowest BCUT2D eigenvalue weighted by Gasteiger charge is -1.91. The fourth-order valence-corrected chi connectivity index (χ4v) is 2.14. The van der Waals surface area contributed by atoms with E-state index < -0.39 is 0 Å². The van der Waals surface area contributed by atoms with Crippen LogP contribution in [0.15, 0.2) is 22.1 Å². The van der Waals surface area contributed by atoms with E-state index in [0.717, 1.165) is 22.0 Å². The average molecular weight is 209 g/mol. The lowest BCUT2D eigenvalue weighted by Crippen LogP contribution is -1.90. The van der Waals surface area contributed by atoms with Gasteiger partial charge in [0.15, 0.2) is 10.8 Å². The summed E-state index contributed by atoms with van der Waals surface area (Å²) >= 11 is 1.55. The molecular formula is C10H11NO2S. The van der Waals surface area contributed by atoms with Crippen LogP contribution in [-0.4, -0.2) is 16.7 Å². The number of thiazole rings is 1. The molecule has 0 atom stereocenters. The summed E-state index contributed by atoms with van der Waals surface area (Å²) in [7, 11) is 0. The maximum absolute atomic E-state index is 8.76. The van der Waals surface area contributed by atoms with Crippen LogP contribution < -0.4 is 0 Å². The van der Waals surface area contributed by atoms with Crippen LogP contribution >= 0.6 is 11.3 Å². The highest BCUT2D eigenvalue weighted by Gasteiger charge is 2.09. The number of nitrogens with zero attached hydrogens (tertiary/aromatic N) is 1. The van der Waals surface area contributed by atoms with Crippen LogP contribution in [0.3, 0.4) is 0 Å². The van der Waals surface area contributed by atoms with E-state index in [1.54, 1.807) is 17.6 Å². The van der Waals surface area contributed by atoms with E-state index in [4.69, 9.17) is 9.52 Å². The van der Waals surface area contributed by atoms with E-state index in [9.17, 15) is 0 Å². The van der Waals surface area contributed by atoms with Gasteiger partial charge in [0.25, 0.3) is 0 Å². The van der Waals surface area contributed by atoms with Crippen LogP contribution in [-0.2, 0) is 6.42 Å². The van der Waals surface area contributed by atoms with Crippen molar-refractivity contribution in [2.75, 3.05) is 6.61 Å². The topological polar surface area (TPSA) is 46.3 Å². The van der Waals surface area contributed by atoms with E-state index >= 15 is 0 Å². The molecule has 0 aromatic carbocycles. The molecule has 0 aliphatic carbocycles. The predicted molar refractivity (Wildman–Crippen MR) is 55.3 cm³/mol. The summed E-state index contributed by atoms with van der Waals surface area (Å²) in [6, 6.07) is 1.92. The number of aryl methyl sites for hydroxylation is 1. The molecule has 0 unspecified atom stereocenters. The smallest absolute Gasteiger partial charge is 0.165 e. The van der Waals surface area contributed by atoms with Gasteiger partial charge >= 0.3 is 0 Å². The van der Waals surface area contributed by atoms with E-state index in [1.807, 2.05) is 18.4 Å². The molecule has 2 heterocycles. The zero-order chi connectivity index (χ0) is 9.97. The number of aromatic nitrogens is 1. The van der Waals surface area contributed by atoms with Crippen molar-refractivity contribution in [1.29, 1.82) is 0 Å². The van der Waals surface area contributed by atoms with E-state index in [-0.39, 0.29) is 6.61 Å². The Morgan fingerprint density at radius 3 is 3.07 bits per heavy atom. The first-order valence-electron chi connectivity index (χ1n) is 4.41. The largest absolute Gasteiger partial charge is 0.462 e. The number of hydrogen-bond donors (Lipinski definition) is 1. The Bertz CT molecular complexity index is 419. The molecule has 74 valence electrons. The quantitative estimate of drug-likeness (QED) is 0.843. The summed E-state index contributed by atoms with van der Waals surface area (Å²) in [6.45, 7) is 2.13. The molecule has 0 aliphatic rings. The number of rotatable bonds is 3. The van der Waals surface area contributed by atoms with Crippen molar-refractivity contribution in [1.82, 2.24) is 4.98 Å². The molecule has 0 spiro atoms. The lowest BCUT2D eigenvalue weighted by molar-refractivity contribution is 0.298. The molecule has 14 heavy (non-hydrogen) atoms. The van der Waals surface area contributed by atoms with Crippen molar-refractivity contribution in [3.05, 3.63) is 29.0 Å². The number of aliphatic hydroxyl groups is 1. The van der Waals surface area contributed by atoms with Crippen molar-refractivity contribution < 1.29 is 9.52 Å². The zero-order valence-corrected chi connectivity index (χ0v) is 8.67. The summed E-state index contributed by atoms with van der Waals surface area (Å²) in [5.74, 6) is 0.833. The molecule has 0 aliphatic heterocycles. The van der Waals surface area contributed by atoms with Gasteiger partial charge in [0.05, 0.1) is 12.0 Å². The third kappa shape index (κ3) is 1.71. The zero-order valence-electron chi connectivity index (χ0n) is 7.86. The summed E-state index contributed by atoms with van der Waals surface area (Å²) in [5.41, 5.74) is 2.01. The van der Waals surface area contributed by atoms with Crippen molar-refractivity contribution >= 4 is 11.3 Å². The highest BCUT2D eigenvalue weighted by molar-refractivity contribution is 7.13. The second-order valence-electron chi connectivity index (χ2n) is 3.05. The minimum absolute atomic E-state index is 0.139. The Kier molecular flexibility index (Phi) is 2.65. The maximum Gasteiger partial charge on any atom is 0.165 e. The molecule has 2 rings (SSSR count). The van der Waals surface area contributed by atoms with Gasteiger partial charge in [0.2, 0.25) is 0 Å². The van der Waals surface area contributed by atoms with E-state index in [1.165, 1.54) is 0 Å². The molecule has 0 fully saturated rings. The molecule has 2 aromatic rings. The molecule has 0 bridgehead atoms. The highest BCUT2D eigenvalue weighted by atomic mass is 32.1. The average Bonchev–Trinajstić information content (AvgIpc) is 2.74. The van der Waals surface area contributed by atoms with Gasteiger partial charge in [-0.05, 0) is 18.6 Å². The molecule has 0 saturated heterocycles. The Morgan fingerprint density at radius 2 is 2.43 bits per heavy atom. The first kappa shape index (κ1) is 9.43. The number of hydrogen-bond acceptors (Lipinski definition) is 4. The van der Waals surface area contributed by atoms with Gasteiger partial charge in [0, 0.05) is 18.4 Å². The molecule has 1 N–H and O–H groups in total. The first-order chi connectivity index (χ1) is 6.81. The predicted octanol–water partition coefficient (Wildman–Crippen LogP) is 2.25. The first-order valence-corrected chi connectivity index (χ1v) is 5.29. The fourth-order valence-electron chi connectivity index (χ4n) is 1.23. The lowest BCUT2D eigenvalue weighted by atomic mass is 10.3. The summed E-state index contributed by atoms with van der Waals surface area (Å²) in [6.07, 6.45) is 2.27. The van der Waals surface area contributed by atoms with Crippen molar-refractivity contribution in [2.24, 2.45) is 0 Å². The van der Waals surface area contributed by atoms with Crippen LogP contribution in [0.4, 0.5) is 0 Å². The Labute approximate surface area is 86.0 Å². The summed E-state index contributed by atoms with van der Waals surface area (Å²) in [4.78, 5) is 4.37. The van der Waals surface area contributed by atoms with E-state index in [2.05, 4.69) is 4.98 Å². The third-order valence-electron chi connectivity index (χ3n) is 1.98.